The summed E-state index contributed by atoms with van der Waals surface area (Å²) in [5, 5.41) is 11.8. The zero-order valence-corrected chi connectivity index (χ0v) is 22.3. The van der Waals surface area contributed by atoms with Crippen LogP contribution in [-0.2, 0) is 14.8 Å². The van der Waals surface area contributed by atoms with Gasteiger partial charge in [-0.2, -0.15) is 5.10 Å². The minimum atomic E-state index is -3.34. The van der Waals surface area contributed by atoms with Crippen LogP contribution in [0.25, 0.3) is 33.6 Å². The van der Waals surface area contributed by atoms with Gasteiger partial charge in [0.1, 0.15) is 18.0 Å². The van der Waals surface area contributed by atoms with Crippen molar-refractivity contribution < 1.29 is 31.6 Å². The smallest absolute Gasteiger partial charge is 0.254 e. The lowest BCUT2D eigenvalue weighted by Crippen LogP contribution is -2.42. The normalized spacial score (nSPS) is 15.8. The van der Waals surface area contributed by atoms with Crippen LogP contribution in [0.2, 0.25) is 0 Å². The number of H-pyrrole nitrogens is 1. The van der Waals surface area contributed by atoms with Gasteiger partial charge in [0, 0.05) is 54.9 Å². The van der Waals surface area contributed by atoms with Crippen LogP contribution < -0.4 is 9.46 Å². The van der Waals surface area contributed by atoms with Crippen LogP contribution >= 0.6 is 0 Å². The van der Waals surface area contributed by atoms with E-state index in [0.29, 0.717) is 46.8 Å². The van der Waals surface area contributed by atoms with Crippen LogP contribution in [0, 0.1) is 5.82 Å². The number of carbonyl (C=O) groups is 1. The third-order valence-corrected chi connectivity index (χ3v) is 7.24. The summed E-state index contributed by atoms with van der Waals surface area (Å²) in [6.45, 7) is 1.32. The lowest BCUT2D eigenvalue weighted by molar-refractivity contribution is 0.0739. The number of methoxy groups -OCH3 is 1. The van der Waals surface area contributed by atoms with Gasteiger partial charge in [-0.3, -0.25) is 9.89 Å². The van der Waals surface area contributed by atoms with Gasteiger partial charge in [-0.05, 0) is 31.0 Å². The molecule has 2 aromatic heterocycles. The van der Waals surface area contributed by atoms with Crippen molar-refractivity contribution in [1.29, 1.82) is 0 Å². The molecule has 0 aliphatic carbocycles. The first-order chi connectivity index (χ1) is 18.7. The average Bonchev–Trinajstić information content (AvgIpc) is 3.66. The van der Waals surface area contributed by atoms with Crippen LogP contribution in [0.4, 0.5) is 4.39 Å². The number of aromatic amines is 1. The molecule has 0 bridgehead atoms. The Morgan fingerprint density at radius 3 is 2.77 bits per heavy atom. The lowest BCUT2D eigenvalue weighted by Gasteiger charge is -2.24. The highest BCUT2D eigenvalue weighted by Crippen LogP contribution is 2.33. The van der Waals surface area contributed by atoms with E-state index in [2.05, 4.69) is 20.1 Å². The number of halogens is 1. The number of sulfonamides is 1. The van der Waals surface area contributed by atoms with Crippen LogP contribution in [0.3, 0.4) is 0 Å². The summed E-state index contributed by atoms with van der Waals surface area (Å²) in [5.74, 6) is -0.249. The molecule has 5 rings (SSSR count). The monoisotopic (exact) mass is 557 g/mol. The summed E-state index contributed by atoms with van der Waals surface area (Å²) >= 11 is 0. The molecule has 13 heteroatoms. The molecule has 4 aromatic rings. The molecule has 1 aliphatic rings. The van der Waals surface area contributed by atoms with Crippen molar-refractivity contribution in [3.63, 3.8) is 0 Å². The Morgan fingerprint density at radius 1 is 1.23 bits per heavy atom. The molecule has 1 fully saturated rings. The largest absolute Gasteiger partial charge is 0.488 e. The highest BCUT2D eigenvalue weighted by molar-refractivity contribution is 7.88. The summed E-state index contributed by atoms with van der Waals surface area (Å²) in [4.78, 5) is 14.8. The SMILES string of the molecule is COCCOc1cc2[nH]nc(-c3cc(-c4ccc(C(=O)N5CCC[C@H]5CNS(C)(=O)=O)cc4)no3)c2cc1F. The van der Waals surface area contributed by atoms with Gasteiger partial charge in [0.25, 0.3) is 5.91 Å². The number of carbonyl (C=O) groups excluding carboxylic acids is 1. The second-order valence-electron chi connectivity index (χ2n) is 9.31. The van der Waals surface area contributed by atoms with E-state index >= 15 is 0 Å². The molecular formula is C26H28FN5O6S. The molecule has 1 saturated heterocycles. The van der Waals surface area contributed by atoms with Gasteiger partial charge < -0.3 is 18.9 Å². The number of aromatic nitrogens is 3. The van der Waals surface area contributed by atoms with Gasteiger partial charge in [-0.15, -0.1) is 0 Å². The third kappa shape index (κ3) is 5.95. The van der Waals surface area contributed by atoms with Crippen molar-refractivity contribution in [3.05, 3.63) is 53.8 Å². The standard InChI is InChI=1S/C26H28FN5O6S/c1-36-10-11-37-23-14-22-19(12-20(23)27)25(30-29-22)24-13-21(31-38-24)16-5-7-17(8-6-16)26(33)32-9-3-4-18(32)15-28-39(2,34)35/h5-8,12-14,18,28H,3-4,9-11,15H2,1-2H3,(H,29,30)/t18-/m0/s1. The van der Waals surface area contributed by atoms with E-state index in [-0.39, 0.29) is 30.9 Å². The van der Waals surface area contributed by atoms with Gasteiger partial charge in [-0.1, -0.05) is 17.3 Å². The Bertz CT molecular complexity index is 1580. The van der Waals surface area contributed by atoms with E-state index in [1.165, 1.54) is 19.2 Å². The van der Waals surface area contributed by atoms with E-state index in [4.69, 9.17) is 14.0 Å². The van der Waals surface area contributed by atoms with E-state index in [1.54, 1.807) is 35.2 Å². The van der Waals surface area contributed by atoms with Gasteiger partial charge >= 0.3 is 0 Å². The fourth-order valence-corrected chi connectivity index (χ4v) is 5.08. The molecule has 0 saturated carbocycles. The molecule has 0 spiro atoms. The number of amides is 1. The molecule has 3 heterocycles. The first-order valence-corrected chi connectivity index (χ1v) is 14.2. The highest BCUT2D eigenvalue weighted by atomic mass is 32.2. The van der Waals surface area contributed by atoms with Gasteiger partial charge in [0.05, 0.1) is 18.4 Å². The van der Waals surface area contributed by atoms with Crippen molar-refractivity contribution >= 4 is 26.8 Å². The van der Waals surface area contributed by atoms with Crippen molar-refractivity contribution in [2.75, 3.05) is 39.7 Å². The van der Waals surface area contributed by atoms with Crippen LogP contribution in [0.5, 0.6) is 5.75 Å². The maximum atomic E-state index is 14.6. The van der Waals surface area contributed by atoms with Gasteiger partial charge in [0.15, 0.2) is 17.3 Å². The molecule has 1 aliphatic heterocycles. The summed E-state index contributed by atoms with van der Waals surface area (Å²) in [5.41, 5.74) is 2.72. The Kier molecular flexibility index (Phi) is 7.64. The number of ether oxygens (including phenoxy) is 2. The number of fused-ring (bicyclic) bond motifs is 1. The molecule has 11 nitrogen and oxygen atoms in total. The van der Waals surface area contributed by atoms with Crippen molar-refractivity contribution in [3.8, 4) is 28.5 Å². The van der Waals surface area contributed by atoms with E-state index in [9.17, 15) is 17.6 Å². The maximum Gasteiger partial charge on any atom is 0.254 e. The highest BCUT2D eigenvalue weighted by Gasteiger charge is 2.30. The van der Waals surface area contributed by atoms with Crippen LogP contribution in [-0.4, -0.2) is 80.3 Å². The Balaban J connectivity index is 1.31. The number of hydrogen-bond acceptors (Lipinski definition) is 8. The lowest BCUT2D eigenvalue weighted by atomic mass is 10.1. The molecule has 206 valence electrons. The van der Waals surface area contributed by atoms with E-state index in [1.807, 2.05) is 0 Å². The molecule has 1 amide bonds. The quantitative estimate of drug-likeness (QED) is 0.284. The zero-order chi connectivity index (χ0) is 27.6. The average molecular weight is 558 g/mol. The Morgan fingerprint density at radius 2 is 2.03 bits per heavy atom. The second-order valence-corrected chi connectivity index (χ2v) is 11.1. The number of hydrogen-bond donors (Lipinski definition) is 2. The Hall–Kier alpha value is -3.81. The van der Waals surface area contributed by atoms with Crippen molar-refractivity contribution in [1.82, 2.24) is 25.0 Å². The first-order valence-electron chi connectivity index (χ1n) is 12.4. The second kappa shape index (κ2) is 11.1. The summed E-state index contributed by atoms with van der Waals surface area (Å²) in [6, 6.07) is 11.3. The summed E-state index contributed by atoms with van der Waals surface area (Å²) in [7, 11) is -1.80. The third-order valence-electron chi connectivity index (χ3n) is 6.55. The molecule has 2 N–H and O–H groups in total. The fraction of sp³-hybridized carbons (Fsp3) is 0.346. The number of nitrogens with zero attached hydrogens (tertiary/aromatic N) is 3. The first kappa shape index (κ1) is 26.8. The van der Waals surface area contributed by atoms with Crippen molar-refractivity contribution in [2.24, 2.45) is 0 Å². The minimum Gasteiger partial charge on any atom is -0.488 e. The Labute approximate surface area is 224 Å². The van der Waals surface area contributed by atoms with Gasteiger partial charge in [-0.25, -0.2) is 17.5 Å². The number of benzene rings is 2. The van der Waals surface area contributed by atoms with Crippen LogP contribution in [0.15, 0.2) is 47.0 Å². The number of nitrogens with one attached hydrogen (secondary N) is 2. The summed E-state index contributed by atoms with van der Waals surface area (Å²) in [6.07, 6.45) is 2.66. The van der Waals surface area contributed by atoms with Gasteiger partial charge in [0.2, 0.25) is 10.0 Å². The van der Waals surface area contributed by atoms with Crippen LogP contribution in [0.1, 0.15) is 23.2 Å². The predicted molar refractivity (Wildman–Crippen MR) is 141 cm³/mol. The molecular weight excluding hydrogens is 529 g/mol. The number of likely N-dealkylation sites (tertiary alicyclic amines) is 1. The molecule has 2 aromatic carbocycles. The molecule has 1 atom stereocenters. The van der Waals surface area contributed by atoms with E-state index < -0.39 is 15.8 Å². The fourth-order valence-electron chi connectivity index (χ4n) is 4.59. The topological polar surface area (TPSA) is 140 Å². The summed E-state index contributed by atoms with van der Waals surface area (Å²) < 4.78 is 55.9. The zero-order valence-electron chi connectivity index (χ0n) is 21.4. The minimum absolute atomic E-state index is 0.0922. The van der Waals surface area contributed by atoms with Crippen molar-refractivity contribution in [2.45, 2.75) is 18.9 Å². The molecule has 39 heavy (non-hydrogen) atoms. The van der Waals surface area contributed by atoms with E-state index in [0.717, 1.165) is 24.7 Å². The predicted octanol–water partition coefficient (Wildman–Crippen LogP) is 3.20. The number of rotatable bonds is 10. The molecule has 0 radical (unpaired) electrons. The molecule has 0 unspecified atom stereocenters. The maximum absolute atomic E-state index is 14.6.